The van der Waals surface area contributed by atoms with E-state index in [2.05, 4.69) is 18.1 Å². The Morgan fingerprint density at radius 1 is 1.27 bits per heavy atom. The molecule has 3 unspecified atom stereocenters. The first kappa shape index (κ1) is 25.6. The van der Waals surface area contributed by atoms with Gasteiger partial charge in [0.15, 0.2) is 6.29 Å². The van der Waals surface area contributed by atoms with Crippen LogP contribution in [0.15, 0.2) is 11.0 Å². The Morgan fingerprint density at radius 2 is 1.87 bits per heavy atom. The Balaban J connectivity index is 2.11. The van der Waals surface area contributed by atoms with Gasteiger partial charge in [0.1, 0.15) is 23.1 Å². The summed E-state index contributed by atoms with van der Waals surface area (Å²) in [5.74, 6) is 0. The average Bonchev–Trinajstić information content (AvgIpc) is 2.88. The highest BCUT2D eigenvalue weighted by molar-refractivity contribution is 7.71. The molecule has 2 rings (SSSR count). The summed E-state index contributed by atoms with van der Waals surface area (Å²) in [4.78, 5) is 49.6. The van der Waals surface area contributed by atoms with Crippen LogP contribution in [0.3, 0.4) is 0 Å². The number of ether oxygens (including phenoxy) is 1. The van der Waals surface area contributed by atoms with Crippen molar-refractivity contribution in [3.63, 3.8) is 0 Å². The van der Waals surface area contributed by atoms with Crippen LogP contribution in [-0.4, -0.2) is 52.8 Å². The van der Waals surface area contributed by atoms with E-state index in [4.69, 9.17) is 31.6 Å². The van der Waals surface area contributed by atoms with Crippen LogP contribution in [0, 0.1) is 11.6 Å². The van der Waals surface area contributed by atoms with Gasteiger partial charge in [0.25, 0.3) is 0 Å². The third-order valence-electron chi connectivity index (χ3n) is 3.49. The van der Waals surface area contributed by atoms with Gasteiger partial charge in [-0.2, -0.15) is 8.62 Å². The summed E-state index contributed by atoms with van der Waals surface area (Å²) in [6.07, 6.45) is -7.05. The first-order valence-electron chi connectivity index (χ1n) is 7.61. The number of alkyl halides is 1. The van der Waals surface area contributed by atoms with E-state index >= 15 is 0 Å². The molecule has 1 aliphatic heterocycles. The van der Waals surface area contributed by atoms with Crippen molar-refractivity contribution in [1.82, 2.24) is 9.55 Å². The minimum Gasteiger partial charge on any atom is -0.365 e. The molecule has 0 bridgehead atoms. The van der Waals surface area contributed by atoms with Crippen LogP contribution < -0.4 is 5.69 Å². The average molecular weight is 516 g/mol. The minimum absolute atomic E-state index is 0.135. The van der Waals surface area contributed by atoms with Crippen molar-refractivity contribution >= 4 is 35.7 Å². The highest BCUT2D eigenvalue weighted by atomic mass is 32.1. The van der Waals surface area contributed by atoms with Crippen molar-refractivity contribution < 1.29 is 60.6 Å². The lowest BCUT2D eigenvalue weighted by Gasteiger charge is -2.23. The van der Waals surface area contributed by atoms with Gasteiger partial charge in [-0.1, -0.05) is 12.2 Å². The van der Waals surface area contributed by atoms with Crippen molar-refractivity contribution in [3.8, 4) is 0 Å². The third-order valence-corrected chi connectivity index (χ3v) is 7.73. The molecule has 15 nitrogen and oxygen atoms in total. The number of phosphoric ester groups is 1. The van der Waals surface area contributed by atoms with E-state index in [0.717, 1.165) is 4.57 Å². The fraction of sp³-hybridized carbons (Fsp3) is 0.600. The highest BCUT2D eigenvalue weighted by Gasteiger charge is 2.47. The van der Waals surface area contributed by atoms with Crippen LogP contribution in [-0.2, 0) is 31.6 Å². The number of aliphatic hydroxyl groups is 1. The van der Waals surface area contributed by atoms with Crippen molar-refractivity contribution in [2.24, 2.45) is 0 Å². The molecule has 6 N–H and O–H groups in total. The summed E-state index contributed by atoms with van der Waals surface area (Å²) in [6, 6.07) is 0. The monoisotopic (exact) mass is 516 g/mol. The molecule has 30 heavy (non-hydrogen) atoms. The van der Waals surface area contributed by atoms with Gasteiger partial charge in [-0.05, 0) is 6.92 Å². The van der Waals surface area contributed by atoms with Crippen molar-refractivity contribution in [1.29, 1.82) is 0 Å². The second kappa shape index (κ2) is 9.08. The van der Waals surface area contributed by atoms with Crippen LogP contribution >= 0.6 is 35.7 Å². The number of rotatable bonds is 8. The smallest absolute Gasteiger partial charge is 0.365 e. The maximum absolute atomic E-state index is 14.3. The van der Waals surface area contributed by atoms with Crippen molar-refractivity contribution in [2.45, 2.75) is 38.1 Å². The lowest BCUT2D eigenvalue weighted by molar-refractivity contribution is -0.154. The summed E-state index contributed by atoms with van der Waals surface area (Å²) in [5, 5.41) is 9.84. The highest BCUT2D eigenvalue weighted by Crippen LogP contribution is 2.66. The van der Waals surface area contributed by atoms with E-state index < -0.39 is 60.4 Å². The van der Waals surface area contributed by atoms with Crippen molar-refractivity contribution in [2.75, 3.05) is 0 Å². The Labute approximate surface area is 171 Å². The molecule has 1 saturated heterocycles. The molecule has 20 heteroatoms. The molecular weight excluding hydrogens is 500 g/mol. The van der Waals surface area contributed by atoms with Gasteiger partial charge in [0.2, 0.25) is 0 Å². The van der Waals surface area contributed by atoms with Crippen LogP contribution in [0.2, 0.25) is 0 Å². The second-order valence-corrected chi connectivity index (χ2v) is 10.7. The fourth-order valence-corrected chi connectivity index (χ4v) is 5.56. The fourth-order valence-electron chi connectivity index (χ4n) is 2.37. The number of nitrogens with one attached hydrogen (secondary N) is 1. The number of aromatic nitrogens is 2. The lowest BCUT2D eigenvalue weighted by atomic mass is 10.2. The number of nitrogens with zero attached hydrogens (tertiary/aromatic N) is 1. The molecule has 1 aromatic heterocycles. The largest absolute Gasteiger partial charge is 0.490 e. The molecular formula is C10H16FN2O13P3S. The number of aliphatic hydroxyl groups excluding tert-OH is 1. The molecule has 2 heterocycles. The van der Waals surface area contributed by atoms with Gasteiger partial charge >= 0.3 is 29.2 Å². The zero-order valence-corrected chi connectivity index (χ0v) is 18.2. The first-order valence-corrected chi connectivity index (χ1v) is 12.5. The summed E-state index contributed by atoms with van der Waals surface area (Å²) in [7, 11) is -17.1. The van der Waals surface area contributed by atoms with Gasteiger partial charge < -0.3 is 29.4 Å². The zero-order chi connectivity index (χ0) is 23.1. The molecule has 0 amide bonds. The van der Waals surface area contributed by atoms with Gasteiger partial charge in [-0.25, -0.2) is 22.9 Å². The Morgan fingerprint density at radius 3 is 2.43 bits per heavy atom. The quantitative estimate of drug-likeness (QED) is 0.157. The second-order valence-electron chi connectivity index (χ2n) is 5.87. The summed E-state index contributed by atoms with van der Waals surface area (Å²) in [6.45, 7) is 1.55. The summed E-state index contributed by atoms with van der Waals surface area (Å²) in [5.41, 5.74) is -0.313. The number of aromatic amines is 1. The Bertz CT molecular complexity index is 1050. The Kier molecular flexibility index (Phi) is 7.75. The predicted octanol–water partition coefficient (Wildman–Crippen LogP) is 0.502. The summed E-state index contributed by atoms with van der Waals surface area (Å²) < 4.78 is 65.0. The van der Waals surface area contributed by atoms with Crippen LogP contribution in [0.1, 0.15) is 18.2 Å². The molecule has 1 aromatic rings. The topological polar surface area (TPSA) is 227 Å². The molecule has 0 aromatic carbocycles. The number of hydrogen-bond donors (Lipinski definition) is 6. The number of hydrogen-bond acceptors (Lipinski definition) is 10. The summed E-state index contributed by atoms with van der Waals surface area (Å²) >= 11 is 4.88. The Hall–Kier alpha value is -0.640. The first-order chi connectivity index (χ1) is 13.5. The number of H-pyrrole nitrogens is 1. The van der Waals surface area contributed by atoms with Gasteiger partial charge in [-0.15, -0.1) is 0 Å². The van der Waals surface area contributed by atoms with Gasteiger partial charge in [-0.3, -0.25) is 14.1 Å². The standard InChI is InChI=1S/C10H16FN2O13P3S/c1-4-3-13(10(15)12-8(4)30)6-2-5(11)7(23-6)9(14)24-28(19,20)26-29(21,22)25-27(16,17)18/h3,5-7,9,14H,2H2,1H3,(H,19,20)(H,21,22)(H,12,15,30)(H2,16,17,18)/t5-,6+,7-,9?/m0/s1. The number of aryl methyl sites for hydroxylation is 1. The molecule has 0 saturated carbocycles. The van der Waals surface area contributed by atoms with Gasteiger partial charge in [0, 0.05) is 18.2 Å². The van der Waals surface area contributed by atoms with E-state index in [0.29, 0.717) is 5.56 Å². The van der Waals surface area contributed by atoms with Crippen LogP contribution in [0.4, 0.5) is 4.39 Å². The maximum Gasteiger partial charge on any atom is 0.490 e. The van der Waals surface area contributed by atoms with Gasteiger partial charge in [0.05, 0.1) is 0 Å². The number of phosphoric acid groups is 3. The van der Waals surface area contributed by atoms with E-state index in [1.54, 1.807) is 6.92 Å². The molecule has 0 aliphatic carbocycles. The van der Waals surface area contributed by atoms with Crippen LogP contribution in [0.5, 0.6) is 0 Å². The van der Waals surface area contributed by atoms with E-state index in [1.807, 2.05) is 0 Å². The lowest BCUT2D eigenvalue weighted by Crippen LogP contribution is -2.34. The molecule has 0 spiro atoms. The third kappa shape index (κ3) is 6.93. The molecule has 1 fully saturated rings. The predicted molar refractivity (Wildman–Crippen MR) is 95.0 cm³/mol. The molecule has 1 aliphatic rings. The van der Waals surface area contributed by atoms with Crippen LogP contribution in [0.25, 0.3) is 0 Å². The normalized spacial score (nSPS) is 27.4. The number of halogens is 1. The minimum atomic E-state index is -5.82. The molecule has 172 valence electrons. The van der Waals surface area contributed by atoms with E-state index in [1.165, 1.54) is 6.20 Å². The van der Waals surface area contributed by atoms with E-state index in [-0.39, 0.29) is 4.64 Å². The molecule has 6 atom stereocenters. The van der Waals surface area contributed by atoms with Crippen molar-refractivity contribution in [3.05, 3.63) is 26.9 Å². The molecule has 0 radical (unpaired) electrons. The zero-order valence-electron chi connectivity index (χ0n) is 14.7. The SMILES string of the molecule is Cc1cn([C@H]2C[C@H](F)[C@@H](C(O)OP(=O)(O)OP(=O)(O)OP(=O)(O)O)O2)c(=O)[nH]c1=S. The van der Waals surface area contributed by atoms with E-state index in [9.17, 15) is 32.9 Å². The maximum atomic E-state index is 14.3.